The van der Waals surface area contributed by atoms with E-state index < -0.39 is 0 Å². The number of hydrogen-bond donors (Lipinski definition) is 0. The molecule has 1 heterocycles. The molecule has 0 unspecified atom stereocenters. The van der Waals surface area contributed by atoms with Crippen molar-refractivity contribution in [2.24, 2.45) is 0 Å². The fourth-order valence-corrected chi connectivity index (χ4v) is 2.44. The van der Waals surface area contributed by atoms with Crippen LogP contribution < -0.4 is 0 Å². The average molecular weight is 295 g/mol. The van der Waals surface area contributed by atoms with Gasteiger partial charge in [-0.05, 0) is 49.9 Å². The molecule has 0 radical (unpaired) electrons. The summed E-state index contributed by atoms with van der Waals surface area (Å²) in [4.78, 5) is 4.47. The molecule has 0 spiro atoms. The molecule has 92 valence electrons. The van der Waals surface area contributed by atoms with Crippen molar-refractivity contribution in [3.63, 3.8) is 0 Å². The molecule has 2 aromatic rings. The van der Waals surface area contributed by atoms with Gasteiger partial charge in [0.25, 0.3) is 0 Å². The Morgan fingerprint density at radius 2 is 1.88 bits per heavy atom. The van der Waals surface area contributed by atoms with Gasteiger partial charge in [0.15, 0.2) is 0 Å². The number of imidazole rings is 1. The molecule has 0 fully saturated rings. The molecule has 0 bridgehead atoms. The van der Waals surface area contributed by atoms with Crippen LogP contribution in [0.2, 0.25) is 0 Å². The molecule has 3 heteroatoms. The van der Waals surface area contributed by atoms with E-state index in [1.54, 1.807) is 0 Å². The van der Waals surface area contributed by atoms with Gasteiger partial charge in [0.2, 0.25) is 0 Å². The van der Waals surface area contributed by atoms with Crippen LogP contribution in [0.25, 0.3) is 11.0 Å². The predicted octanol–water partition coefficient (Wildman–Crippen LogP) is 4.22. The van der Waals surface area contributed by atoms with Gasteiger partial charge in [-0.15, -0.1) is 0 Å². The van der Waals surface area contributed by atoms with E-state index in [4.69, 9.17) is 0 Å². The summed E-state index contributed by atoms with van der Waals surface area (Å²) >= 11 is 3.47. The van der Waals surface area contributed by atoms with E-state index in [1.807, 2.05) is 6.33 Å². The summed E-state index contributed by atoms with van der Waals surface area (Å²) in [6, 6.07) is 4.43. The number of alkyl halides is 1. The molecule has 2 rings (SSSR count). The maximum Gasteiger partial charge on any atom is 0.0958 e. The van der Waals surface area contributed by atoms with Gasteiger partial charge in [-0.2, -0.15) is 0 Å². The Labute approximate surface area is 111 Å². The molecule has 0 N–H and O–H groups in total. The van der Waals surface area contributed by atoms with Crippen molar-refractivity contribution >= 4 is 27.0 Å². The van der Waals surface area contributed by atoms with Crippen LogP contribution in [0.1, 0.15) is 30.4 Å². The summed E-state index contributed by atoms with van der Waals surface area (Å²) in [5.41, 5.74) is 5.06. The summed E-state index contributed by atoms with van der Waals surface area (Å²) < 4.78 is 2.27. The molecule has 17 heavy (non-hydrogen) atoms. The van der Waals surface area contributed by atoms with E-state index in [1.165, 1.54) is 35.9 Å². The predicted molar refractivity (Wildman–Crippen MR) is 76.9 cm³/mol. The molecule has 2 nitrogen and oxygen atoms in total. The van der Waals surface area contributed by atoms with Crippen molar-refractivity contribution < 1.29 is 0 Å². The van der Waals surface area contributed by atoms with Crippen LogP contribution in [0.3, 0.4) is 0 Å². The van der Waals surface area contributed by atoms with Crippen LogP contribution >= 0.6 is 15.9 Å². The summed E-state index contributed by atoms with van der Waals surface area (Å²) in [7, 11) is 0. The van der Waals surface area contributed by atoms with Gasteiger partial charge >= 0.3 is 0 Å². The molecule has 0 aliphatic heterocycles. The lowest BCUT2D eigenvalue weighted by Crippen LogP contribution is -1.96. The summed E-state index contributed by atoms with van der Waals surface area (Å²) in [5, 5.41) is 1.11. The Balaban J connectivity index is 2.15. The molecule has 0 saturated carbocycles. The first-order chi connectivity index (χ1) is 8.22. The van der Waals surface area contributed by atoms with Gasteiger partial charge in [-0.25, -0.2) is 4.98 Å². The van der Waals surface area contributed by atoms with Gasteiger partial charge in [-0.1, -0.05) is 22.4 Å². The van der Waals surface area contributed by atoms with E-state index in [-0.39, 0.29) is 0 Å². The number of nitrogens with zero attached hydrogens (tertiary/aromatic N) is 2. The topological polar surface area (TPSA) is 17.8 Å². The van der Waals surface area contributed by atoms with Crippen molar-refractivity contribution in [3.8, 4) is 0 Å². The lowest BCUT2D eigenvalue weighted by atomic mass is 10.1. The van der Waals surface area contributed by atoms with E-state index in [2.05, 4.69) is 51.5 Å². The van der Waals surface area contributed by atoms with Gasteiger partial charge in [0.05, 0.1) is 17.4 Å². The molecule has 1 aromatic carbocycles. The first-order valence-corrected chi connectivity index (χ1v) is 7.32. The minimum Gasteiger partial charge on any atom is -0.331 e. The Morgan fingerprint density at radius 3 is 2.65 bits per heavy atom. The standard InChI is InChI=1S/C14H19BrN2/c1-11-8-13-14(9-12(11)2)17(10-16-13)7-5-3-4-6-15/h8-10H,3-7H2,1-2H3. The Bertz CT molecular complexity index is 502. The van der Waals surface area contributed by atoms with Crippen molar-refractivity contribution in [2.75, 3.05) is 5.33 Å². The monoisotopic (exact) mass is 294 g/mol. The molecule has 0 aliphatic rings. The Hall–Kier alpha value is -0.830. The molecule has 0 aliphatic carbocycles. The summed E-state index contributed by atoms with van der Waals surface area (Å²) in [6.07, 6.45) is 5.72. The quantitative estimate of drug-likeness (QED) is 0.596. The van der Waals surface area contributed by atoms with Gasteiger partial charge in [0, 0.05) is 11.9 Å². The van der Waals surface area contributed by atoms with E-state index in [9.17, 15) is 0 Å². The second-order valence-electron chi connectivity index (χ2n) is 4.61. The number of fused-ring (bicyclic) bond motifs is 1. The summed E-state index contributed by atoms with van der Waals surface area (Å²) in [5.74, 6) is 0. The zero-order valence-electron chi connectivity index (χ0n) is 10.5. The lowest BCUT2D eigenvalue weighted by Gasteiger charge is -2.05. The van der Waals surface area contributed by atoms with Crippen LogP contribution in [0.4, 0.5) is 0 Å². The van der Waals surface area contributed by atoms with Crippen molar-refractivity contribution in [1.29, 1.82) is 0 Å². The number of aromatic nitrogens is 2. The first kappa shape index (κ1) is 12.6. The fraction of sp³-hybridized carbons (Fsp3) is 0.500. The third-order valence-electron chi connectivity index (χ3n) is 3.27. The van der Waals surface area contributed by atoms with E-state index in [0.717, 1.165) is 17.4 Å². The Morgan fingerprint density at radius 1 is 1.12 bits per heavy atom. The third kappa shape index (κ3) is 2.89. The van der Waals surface area contributed by atoms with Gasteiger partial charge in [-0.3, -0.25) is 0 Å². The van der Waals surface area contributed by atoms with Crippen LogP contribution in [0, 0.1) is 13.8 Å². The zero-order valence-corrected chi connectivity index (χ0v) is 12.1. The highest BCUT2D eigenvalue weighted by Gasteiger charge is 2.04. The van der Waals surface area contributed by atoms with E-state index in [0.29, 0.717) is 0 Å². The number of aryl methyl sites for hydroxylation is 3. The average Bonchev–Trinajstić information content (AvgIpc) is 2.68. The highest BCUT2D eigenvalue weighted by Crippen LogP contribution is 2.18. The maximum absolute atomic E-state index is 4.47. The SMILES string of the molecule is Cc1cc2ncn(CCCCCBr)c2cc1C. The molecule has 1 aromatic heterocycles. The zero-order chi connectivity index (χ0) is 12.3. The lowest BCUT2D eigenvalue weighted by molar-refractivity contribution is 0.616. The maximum atomic E-state index is 4.47. The minimum absolute atomic E-state index is 1.08. The van der Waals surface area contributed by atoms with Crippen LogP contribution in [0.5, 0.6) is 0 Å². The summed E-state index contributed by atoms with van der Waals surface area (Å²) in [6.45, 7) is 5.38. The molecular weight excluding hydrogens is 276 g/mol. The largest absolute Gasteiger partial charge is 0.331 e. The Kier molecular flexibility index (Phi) is 4.21. The third-order valence-corrected chi connectivity index (χ3v) is 3.83. The fourth-order valence-electron chi connectivity index (χ4n) is 2.04. The number of rotatable bonds is 5. The minimum atomic E-state index is 1.08. The number of hydrogen-bond acceptors (Lipinski definition) is 1. The normalized spacial score (nSPS) is 11.2. The first-order valence-electron chi connectivity index (χ1n) is 6.20. The number of unbranched alkanes of at least 4 members (excludes halogenated alkanes) is 2. The molecular formula is C14H19BrN2. The van der Waals surface area contributed by atoms with Crippen LogP contribution in [-0.4, -0.2) is 14.9 Å². The van der Waals surface area contributed by atoms with Crippen LogP contribution in [-0.2, 0) is 6.54 Å². The molecule has 0 amide bonds. The second kappa shape index (κ2) is 5.67. The highest BCUT2D eigenvalue weighted by atomic mass is 79.9. The second-order valence-corrected chi connectivity index (χ2v) is 5.41. The molecule has 0 saturated heterocycles. The number of halogens is 1. The number of benzene rings is 1. The van der Waals surface area contributed by atoms with Crippen molar-refractivity contribution in [1.82, 2.24) is 9.55 Å². The van der Waals surface area contributed by atoms with Crippen molar-refractivity contribution in [2.45, 2.75) is 39.7 Å². The van der Waals surface area contributed by atoms with E-state index >= 15 is 0 Å². The van der Waals surface area contributed by atoms with Gasteiger partial charge < -0.3 is 4.57 Å². The molecule has 0 atom stereocenters. The van der Waals surface area contributed by atoms with Crippen molar-refractivity contribution in [3.05, 3.63) is 29.6 Å². The van der Waals surface area contributed by atoms with Crippen LogP contribution in [0.15, 0.2) is 18.5 Å². The van der Waals surface area contributed by atoms with Gasteiger partial charge in [0.1, 0.15) is 0 Å². The highest BCUT2D eigenvalue weighted by molar-refractivity contribution is 9.09. The smallest absolute Gasteiger partial charge is 0.0958 e.